The summed E-state index contributed by atoms with van der Waals surface area (Å²) in [5.74, 6) is 1.04. The third kappa shape index (κ3) is 5.89. The molecule has 0 saturated heterocycles. The summed E-state index contributed by atoms with van der Waals surface area (Å²) in [5, 5.41) is 8.33. The minimum absolute atomic E-state index is 0.213. The van der Waals surface area contributed by atoms with Crippen molar-refractivity contribution in [3.05, 3.63) is 30.6 Å². The minimum Gasteiger partial charge on any atom is -0.494 e. The van der Waals surface area contributed by atoms with Crippen molar-refractivity contribution in [2.75, 3.05) is 6.61 Å². The van der Waals surface area contributed by atoms with Gasteiger partial charge in [-0.1, -0.05) is 0 Å². The van der Waals surface area contributed by atoms with Gasteiger partial charge in [-0.05, 0) is 65.7 Å². The number of amides is 1. The number of aromatic amines is 1. The molecule has 0 unspecified atom stereocenters. The summed E-state index contributed by atoms with van der Waals surface area (Å²) < 4.78 is 13.3. The zero-order valence-corrected chi connectivity index (χ0v) is 21.1. The van der Waals surface area contributed by atoms with Crippen LogP contribution in [0.1, 0.15) is 47.5 Å². The van der Waals surface area contributed by atoms with Crippen molar-refractivity contribution < 1.29 is 14.3 Å². The third-order valence-electron chi connectivity index (χ3n) is 5.32. The van der Waals surface area contributed by atoms with Crippen LogP contribution in [0.25, 0.3) is 33.5 Å². The van der Waals surface area contributed by atoms with Crippen LogP contribution in [0.3, 0.4) is 0 Å². The zero-order valence-electron chi connectivity index (χ0n) is 21.1. The summed E-state index contributed by atoms with van der Waals surface area (Å²) in [4.78, 5) is 24.4. The number of H-pyrrole nitrogens is 1. The first-order valence-electron chi connectivity index (χ1n) is 11.6. The molecule has 1 amide bonds. The Morgan fingerprint density at radius 3 is 2.71 bits per heavy atom. The Morgan fingerprint density at radius 1 is 1.23 bits per heavy atom. The number of nitrogens with one attached hydrogen (secondary N) is 2. The quantitative estimate of drug-likeness (QED) is 0.337. The third-order valence-corrected chi connectivity index (χ3v) is 5.32. The first kappa shape index (κ1) is 24.5. The van der Waals surface area contributed by atoms with Gasteiger partial charge < -0.3 is 25.5 Å². The number of rotatable bonds is 7. The number of ether oxygens (including phenoxy) is 2. The van der Waals surface area contributed by atoms with E-state index in [1.165, 1.54) is 0 Å². The van der Waals surface area contributed by atoms with E-state index < -0.39 is 11.6 Å². The Kier molecular flexibility index (Phi) is 6.42. The molecule has 186 valence electrons. The smallest absolute Gasteiger partial charge is 0.413 e. The Labute approximate surface area is 204 Å². The van der Waals surface area contributed by atoms with Crippen LogP contribution in [0.5, 0.6) is 11.5 Å². The van der Waals surface area contributed by atoms with E-state index in [4.69, 9.17) is 20.2 Å². The van der Waals surface area contributed by atoms with E-state index in [1.54, 1.807) is 17.1 Å². The first-order chi connectivity index (χ1) is 16.4. The number of nitrogens with two attached hydrogens (primary N) is 1. The van der Waals surface area contributed by atoms with Crippen LogP contribution in [-0.4, -0.2) is 48.5 Å². The summed E-state index contributed by atoms with van der Waals surface area (Å²) in [6.07, 6.45) is 4.40. The Bertz CT molecular complexity index is 1360. The summed E-state index contributed by atoms with van der Waals surface area (Å²) >= 11 is 0. The molecular formula is C25H33N7O3. The van der Waals surface area contributed by atoms with Crippen molar-refractivity contribution in [3.63, 3.8) is 0 Å². The molecule has 10 nitrogen and oxygen atoms in total. The van der Waals surface area contributed by atoms with E-state index in [2.05, 4.69) is 20.4 Å². The predicted molar refractivity (Wildman–Crippen MR) is 136 cm³/mol. The predicted octanol–water partition coefficient (Wildman–Crippen LogP) is 4.29. The highest BCUT2D eigenvalue weighted by atomic mass is 16.6. The maximum atomic E-state index is 12.3. The second-order valence-electron chi connectivity index (χ2n) is 10.5. The maximum Gasteiger partial charge on any atom is 0.413 e. The van der Waals surface area contributed by atoms with Gasteiger partial charge >= 0.3 is 6.09 Å². The highest BCUT2D eigenvalue weighted by molar-refractivity contribution is 5.94. The number of nitrogens with zero attached hydrogens (tertiary/aromatic N) is 4. The van der Waals surface area contributed by atoms with Crippen molar-refractivity contribution >= 4 is 28.2 Å². The number of fused-ring (bicyclic) bond motifs is 2. The van der Waals surface area contributed by atoms with Crippen molar-refractivity contribution in [3.8, 4) is 22.9 Å². The second-order valence-corrected chi connectivity index (χ2v) is 10.5. The highest BCUT2D eigenvalue weighted by Crippen LogP contribution is 2.31. The van der Waals surface area contributed by atoms with Gasteiger partial charge in [0.15, 0.2) is 16.9 Å². The van der Waals surface area contributed by atoms with E-state index in [0.717, 1.165) is 29.5 Å². The largest absolute Gasteiger partial charge is 0.494 e. The van der Waals surface area contributed by atoms with Gasteiger partial charge in [0.1, 0.15) is 17.1 Å². The molecule has 1 aromatic carbocycles. The molecule has 0 aliphatic heterocycles. The van der Waals surface area contributed by atoms with Crippen LogP contribution in [0.4, 0.5) is 4.79 Å². The molecule has 0 bridgehead atoms. The first-order valence-corrected chi connectivity index (χ1v) is 11.6. The maximum absolute atomic E-state index is 12.3. The van der Waals surface area contributed by atoms with E-state index in [0.29, 0.717) is 34.9 Å². The molecule has 0 fully saturated rings. The van der Waals surface area contributed by atoms with Crippen molar-refractivity contribution in [2.24, 2.45) is 12.8 Å². The summed E-state index contributed by atoms with van der Waals surface area (Å²) in [6.45, 7) is 10.2. The number of hydrogen-bond acceptors (Lipinski definition) is 7. The monoisotopic (exact) mass is 479 g/mol. The lowest BCUT2D eigenvalue weighted by Gasteiger charge is -2.19. The highest BCUT2D eigenvalue weighted by Gasteiger charge is 2.20. The van der Waals surface area contributed by atoms with Crippen molar-refractivity contribution in [1.29, 1.82) is 0 Å². The minimum atomic E-state index is -0.561. The standard InChI is InChI=1S/C25H33N7O3/c1-24(2,3)30-23(33)35-19-14-28-22-21(19)29-17(13-27-22)20-16-12-15(8-9-18(16)32(6)31-20)34-11-7-10-25(4,5)26/h8-9,12-14H,7,10-11,26H2,1-6H3,(H,27,28)(H,30,33). The second kappa shape index (κ2) is 9.18. The SMILES string of the molecule is Cn1nc(-c2cnc3[nH]cc(OC(=O)NC(C)(C)C)c3n2)c2cc(OCCCC(C)(C)N)ccc21. The topological polar surface area (TPSA) is 133 Å². The molecule has 0 atom stereocenters. The molecular weight excluding hydrogens is 446 g/mol. The fraction of sp³-hybridized carbons (Fsp3) is 0.440. The lowest BCUT2D eigenvalue weighted by molar-refractivity contribution is 0.191. The van der Waals surface area contributed by atoms with Gasteiger partial charge in [0.2, 0.25) is 0 Å². The number of benzene rings is 1. The lowest BCUT2D eigenvalue weighted by Crippen LogP contribution is -2.42. The number of aryl methyl sites for hydroxylation is 1. The molecule has 3 aromatic heterocycles. The molecule has 0 radical (unpaired) electrons. The van der Waals surface area contributed by atoms with Gasteiger partial charge in [0.25, 0.3) is 0 Å². The Balaban J connectivity index is 1.62. The number of carbonyl (C=O) groups excluding carboxylic acids is 1. The normalized spacial score (nSPS) is 12.3. The molecule has 3 heterocycles. The molecule has 35 heavy (non-hydrogen) atoms. The van der Waals surface area contributed by atoms with E-state index >= 15 is 0 Å². The van der Waals surface area contributed by atoms with Gasteiger partial charge in [-0.15, -0.1) is 0 Å². The van der Waals surface area contributed by atoms with Gasteiger partial charge in [-0.2, -0.15) is 5.10 Å². The zero-order chi connectivity index (χ0) is 25.4. The van der Waals surface area contributed by atoms with Crippen LogP contribution >= 0.6 is 0 Å². The van der Waals surface area contributed by atoms with E-state index in [1.807, 2.05) is 59.9 Å². The average Bonchev–Trinajstić information content (AvgIpc) is 3.29. The molecule has 4 aromatic rings. The van der Waals surface area contributed by atoms with Gasteiger partial charge in [0.05, 0.1) is 18.3 Å². The van der Waals surface area contributed by atoms with Gasteiger partial charge in [0, 0.05) is 29.7 Å². The fourth-order valence-corrected chi connectivity index (χ4v) is 3.73. The van der Waals surface area contributed by atoms with Crippen molar-refractivity contribution in [1.82, 2.24) is 30.0 Å². The van der Waals surface area contributed by atoms with E-state index in [9.17, 15) is 4.79 Å². The molecule has 0 aliphatic carbocycles. The molecule has 10 heteroatoms. The van der Waals surface area contributed by atoms with Crippen LogP contribution in [0.15, 0.2) is 30.6 Å². The summed E-state index contributed by atoms with van der Waals surface area (Å²) in [7, 11) is 1.88. The fourth-order valence-electron chi connectivity index (χ4n) is 3.73. The van der Waals surface area contributed by atoms with Crippen LogP contribution in [0, 0.1) is 0 Å². The molecule has 0 aliphatic rings. The summed E-state index contributed by atoms with van der Waals surface area (Å²) in [6, 6.07) is 5.87. The lowest BCUT2D eigenvalue weighted by atomic mass is 10.0. The Morgan fingerprint density at radius 2 is 2.00 bits per heavy atom. The van der Waals surface area contributed by atoms with Gasteiger partial charge in [-0.25, -0.2) is 14.8 Å². The number of carbonyl (C=O) groups is 1. The molecule has 4 N–H and O–H groups in total. The Hall–Kier alpha value is -3.66. The average molecular weight is 480 g/mol. The number of aromatic nitrogens is 5. The molecule has 4 rings (SSSR count). The van der Waals surface area contributed by atoms with E-state index in [-0.39, 0.29) is 5.54 Å². The summed E-state index contributed by atoms with van der Waals surface area (Å²) in [5.41, 5.74) is 8.54. The van der Waals surface area contributed by atoms with Crippen molar-refractivity contribution in [2.45, 2.75) is 58.5 Å². The number of hydrogen-bond donors (Lipinski definition) is 3. The molecule has 0 saturated carbocycles. The molecule has 0 spiro atoms. The van der Waals surface area contributed by atoms with Crippen LogP contribution in [0.2, 0.25) is 0 Å². The van der Waals surface area contributed by atoms with Crippen LogP contribution in [-0.2, 0) is 7.05 Å². The van der Waals surface area contributed by atoms with Gasteiger partial charge in [-0.3, -0.25) is 4.68 Å². The van der Waals surface area contributed by atoms with Crippen LogP contribution < -0.4 is 20.5 Å².